The summed E-state index contributed by atoms with van der Waals surface area (Å²) < 4.78 is 4.49. The molecule has 0 aliphatic carbocycles. The van der Waals surface area contributed by atoms with Crippen molar-refractivity contribution in [2.24, 2.45) is 0 Å². The number of pyridine rings is 1. The third kappa shape index (κ3) is 0.671. The number of aromatic amines is 1. The van der Waals surface area contributed by atoms with Crippen molar-refractivity contribution in [2.75, 3.05) is 0 Å². The van der Waals surface area contributed by atoms with Gasteiger partial charge in [-0.05, 0) is 12.5 Å². The maximum atomic E-state index is 4.23. The molecule has 0 saturated carbocycles. The third-order valence-electron chi connectivity index (χ3n) is 1.59. The molecule has 0 aromatic carbocycles. The molecule has 0 bridgehead atoms. The number of fused-ring (bicyclic) bond motifs is 1. The Morgan fingerprint density at radius 2 is 2.60 bits per heavy atom. The first kappa shape index (κ1) is 5.92. The van der Waals surface area contributed by atoms with E-state index in [9.17, 15) is 0 Å². The summed E-state index contributed by atoms with van der Waals surface area (Å²) in [5, 5.41) is 0. The molecule has 2 rings (SSSR count). The van der Waals surface area contributed by atoms with E-state index in [1.54, 1.807) is 11.5 Å². The summed E-state index contributed by atoms with van der Waals surface area (Å²) in [6.45, 7) is 2.12. The van der Waals surface area contributed by atoms with Gasteiger partial charge < -0.3 is 4.37 Å². The second kappa shape index (κ2) is 2.09. The summed E-state index contributed by atoms with van der Waals surface area (Å²) >= 11 is 1.67. The first-order valence-electron chi connectivity index (χ1n) is 3.32. The number of aromatic nitrogens is 2. The predicted molar refractivity (Wildman–Crippen MR) is 43.3 cm³/mol. The van der Waals surface area contributed by atoms with Gasteiger partial charge in [-0.15, -0.1) is 0 Å². The van der Waals surface area contributed by atoms with Gasteiger partial charge in [0.05, 0.1) is 15.9 Å². The fourth-order valence-electron chi connectivity index (χ4n) is 1.01. The minimum absolute atomic E-state index is 1.01. The van der Waals surface area contributed by atoms with Crippen molar-refractivity contribution in [3.63, 3.8) is 0 Å². The van der Waals surface area contributed by atoms with Crippen LogP contribution >= 0.6 is 11.5 Å². The van der Waals surface area contributed by atoms with E-state index in [4.69, 9.17) is 0 Å². The van der Waals surface area contributed by atoms with E-state index in [-0.39, 0.29) is 0 Å². The largest absolute Gasteiger partial charge is 0.308 e. The minimum Gasteiger partial charge on any atom is -0.308 e. The Morgan fingerprint density at radius 3 is 3.10 bits per heavy atom. The fraction of sp³-hybridized carbons (Fsp3) is 0.286. The Kier molecular flexibility index (Phi) is 1.24. The van der Waals surface area contributed by atoms with E-state index < -0.39 is 0 Å². The van der Waals surface area contributed by atoms with Gasteiger partial charge in [0.25, 0.3) is 0 Å². The molecular formula is C7H8N2S. The lowest BCUT2D eigenvalue weighted by molar-refractivity contribution is 1.05. The molecule has 3 heteroatoms. The Bertz CT molecular complexity index is 334. The van der Waals surface area contributed by atoms with Gasteiger partial charge in [0.15, 0.2) is 0 Å². The standard InChI is InChI=1S/C7H8N2S/c1-2-5-7-6(10-9-7)3-4-8-5/h3-4,9H,2H2,1H3. The second-order valence-corrected chi connectivity index (χ2v) is 3.04. The molecule has 0 radical (unpaired) electrons. The zero-order valence-corrected chi connectivity index (χ0v) is 6.53. The molecule has 0 aliphatic heterocycles. The summed E-state index contributed by atoms with van der Waals surface area (Å²) in [6, 6.07) is 2.04. The SMILES string of the molecule is CCc1nccc2s[nH]c12. The summed E-state index contributed by atoms with van der Waals surface area (Å²) in [5.41, 5.74) is 2.41. The Morgan fingerprint density at radius 1 is 1.70 bits per heavy atom. The first-order chi connectivity index (χ1) is 4.92. The number of nitrogens with zero attached hydrogens (tertiary/aromatic N) is 1. The highest BCUT2D eigenvalue weighted by Gasteiger charge is 2.02. The van der Waals surface area contributed by atoms with Crippen LogP contribution in [0.2, 0.25) is 0 Å². The third-order valence-corrected chi connectivity index (χ3v) is 2.46. The number of hydrogen-bond acceptors (Lipinski definition) is 2. The zero-order valence-electron chi connectivity index (χ0n) is 5.72. The lowest BCUT2D eigenvalue weighted by Crippen LogP contribution is -1.90. The quantitative estimate of drug-likeness (QED) is 0.666. The zero-order chi connectivity index (χ0) is 6.97. The highest BCUT2D eigenvalue weighted by Crippen LogP contribution is 2.21. The van der Waals surface area contributed by atoms with Crippen LogP contribution in [0, 0.1) is 0 Å². The molecule has 2 nitrogen and oxygen atoms in total. The maximum Gasteiger partial charge on any atom is 0.0881 e. The van der Waals surface area contributed by atoms with E-state index in [1.807, 2.05) is 12.3 Å². The van der Waals surface area contributed by atoms with E-state index >= 15 is 0 Å². The molecule has 0 amide bonds. The number of hydrogen-bond donors (Lipinski definition) is 1. The number of H-pyrrole nitrogens is 1. The van der Waals surface area contributed by atoms with Gasteiger partial charge in [-0.1, -0.05) is 18.5 Å². The average molecular weight is 152 g/mol. The van der Waals surface area contributed by atoms with Crippen LogP contribution in [0.4, 0.5) is 0 Å². The van der Waals surface area contributed by atoms with Gasteiger partial charge >= 0.3 is 0 Å². The average Bonchev–Trinajstić information content (AvgIpc) is 1.91. The molecule has 10 heavy (non-hydrogen) atoms. The number of nitrogens with one attached hydrogen (secondary N) is 1. The van der Waals surface area contributed by atoms with Crippen LogP contribution in [0.25, 0.3) is 10.2 Å². The lowest BCUT2D eigenvalue weighted by atomic mass is 10.3. The van der Waals surface area contributed by atoms with Crippen molar-refractivity contribution >= 4 is 21.7 Å². The van der Waals surface area contributed by atoms with Crippen molar-refractivity contribution < 1.29 is 0 Å². The Balaban J connectivity index is 2.67. The van der Waals surface area contributed by atoms with Crippen LogP contribution < -0.4 is 0 Å². The van der Waals surface area contributed by atoms with Crippen molar-refractivity contribution in [1.82, 2.24) is 9.36 Å². The van der Waals surface area contributed by atoms with Crippen LogP contribution in [0.15, 0.2) is 12.3 Å². The monoisotopic (exact) mass is 152 g/mol. The van der Waals surface area contributed by atoms with Crippen LogP contribution in [0.1, 0.15) is 12.6 Å². The highest BCUT2D eigenvalue weighted by atomic mass is 32.1. The molecule has 0 atom stereocenters. The molecular weight excluding hydrogens is 144 g/mol. The maximum absolute atomic E-state index is 4.23. The summed E-state index contributed by atoms with van der Waals surface area (Å²) in [7, 11) is 0. The van der Waals surface area contributed by atoms with Crippen molar-refractivity contribution in [3.8, 4) is 0 Å². The molecule has 0 unspecified atom stereocenters. The van der Waals surface area contributed by atoms with Crippen LogP contribution in [0.5, 0.6) is 0 Å². The molecule has 0 fully saturated rings. The normalized spacial score (nSPS) is 10.9. The number of aryl methyl sites for hydroxylation is 1. The summed E-state index contributed by atoms with van der Waals surface area (Å²) in [5.74, 6) is 0. The fourth-order valence-corrected chi connectivity index (χ4v) is 1.69. The molecule has 2 aromatic heterocycles. The summed E-state index contributed by atoms with van der Waals surface area (Å²) in [6.07, 6.45) is 2.88. The van der Waals surface area contributed by atoms with Crippen molar-refractivity contribution in [1.29, 1.82) is 0 Å². The lowest BCUT2D eigenvalue weighted by Gasteiger charge is -2.03. The molecule has 1 N–H and O–H groups in total. The van der Waals surface area contributed by atoms with Crippen LogP contribution in [0.3, 0.4) is 0 Å². The van der Waals surface area contributed by atoms with Gasteiger partial charge in [0.1, 0.15) is 0 Å². The number of rotatable bonds is 1. The highest BCUT2D eigenvalue weighted by molar-refractivity contribution is 7.15. The van der Waals surface area contributed by atoms with Gasteiger partial charge in [0, 0.05) is 6.20 Å². The van der Waals surface area contributed by atoms with E-state index in [2.05, 4.69) is 16.3 Å². The van der Waals surface area contributed by atoms with Crippen molar-refractivity contribution in [3.05, 3.63) is 18.0 Å². The molecule has 0 spiro atoms. The molecule has 2 aromatic rings. The first-order valence-corrected chi connectivity index (χ1v) is 4.14. The van der Waals surface area contributed by atoms with Crippen molar-refractivity contribution in [2.45, 2.75) is 13.3 Å². The summed E-state index contributed by atoms with van der Waals surface area (Å²) in [4.78, 5) is 4.23. The van der Waals surface area contributed by atoms with Gasteiger partial charge in [-0.3, -0.25) is 4.98 Å². The van der Waals surface area contributed by atoms with E-state index in [0.29, 0.717) is 0 Å². The Labute approximate surface area is 63.1 Å². The van der Waals surface area contributed by atoms with Gasteiger partial charge in [0.2, 0.25) is 0 Å². The van der Waals surface area contributed by atoms with Crippen LogP contribution in [-0.2, 0) is 6.42 Å². The van der Waals surface area contributed by atoms with E-state index in [1.165, 1.54) is 15.9 Å². The molecule has 2 heterocycles. The van der Waals surface area contributed by atoms with E-state index in [0.717, 1.165) is 6.42 Å². The van der Waals surface area contributed by atoms with Gasteiger partial charge in [-0.2, -0.15) is 0 Å². The molecule has 52 valence electrons. The molecule has 0 aliphatic rings. The van der Waals surface area contributed by atoms with Crippen LogP contribution in [-0.4, -0.2) is 9.36 Å². The van der Waals surface area contributed by atoms with Gasteiger partial charge in [-0.25, -0.2) is 0 Å². The predicted octanol–water partition coefficient (Wildman–Crippen LogP) is 2.19. The Hall–Kier alpha value is -0.830. The topological polar surface area (TPSA) is 28.7 Å². The second-order valence-electron chi connectivity index (χ2n) is 2.19. The smallest absolute Gasteiger partial charge is 0.0881 e. The molecule has 0 saturated heterocycles. The minimum atomic E-state index is 1.01.